The van der Waals surface area contributed by atoms with Crippen molar-refractivity contribution in [2.24, 2.45) is 29.6 Å². The molecule has 112 valence electrons. The summed E-state index contributed by atoms with van der Waals surface area (Å²) in [5, 5.41) is 4.09. The molecule has 0 aliphatic heterocycles. The molecule has 0 aromatic rings. The van der Waals surface area contributed by atoms with Crippen molar-refractivity contribution >= 4 is 0 Å². The molecule has 0 radical (unpaired) electrons. The minimum atomic E-state index is 0.782. The summed E-state index contributed by atoms with van der Waals surface area (Å²) in [6.07, 6.45) is 8.54. The lowest BCUT2D eigenvalue weighted by Gasteiger charge is -2.43. The summed E-state index contributed by atoms with van der Waals surface area (Å²) in [7, 11) is 0. The Bertz CT molecular complexity index is 273. The van der Waals surface area contributed by atoms with Gasteiger partial charge in [-0.2, -0.15) is 0 Å². The van der Waals surface area contributed by atoms with E-state index in [4.69, 9.17) is 0 Å². The van der Waals surface area contributed by atoms with Gasteiger partial charge < -0.3 is 5.32 Å². The van der Waals surface area contributed by atoms with Gasteiger partial charge in [0.25, 0.3) is 0 Å². The monoisotopic (exact) mass is 265 g/mol. The van der Waals surface area contributed by atoms with Crippen LogP contribution in [-0.2, 0) is 0 Å². The minimum Gasteiger partial charge on any atom is -0.311 e. The Morgan fingerprint density at radius 2 is 1.42 bits per heavy atom. The van der Waals surface area contributed by atoms with E-state index in [1.165, 1.54) is 38.5 Å². The Balaban J connectivity index is 1.94. The Kier molecular flexibility index (Phi) is 5.34. The van der Waals surface area contributed by atoms with Crippen LogP contribution in [0, 0.1) is 29.6 Å². The lowest BCUT2D eigenvalue weighted by Crippen LogP contribution is -2.50. The maximum Gasteiger partial charge on any atom is 0.0103 e. The van der Waals surface area contributed by atoms with E-state index in [1.807, 2.05) is 0 Å². The highest BCUT2D eigenvalue weighted by molar-refractivity contribution is 4.90. The van der Waals surface area contributed by atoms with Crippen LogP contribution in [0.15, 0.2) is 0 Å². The first-order valence-corrected chi connectivity index (χ1v) is 8.73. The standard InChI is InChI=1S/C18H35N/c1-12(2)16-8-6-14(4)11-18(16)19-17-9-7-13(3)10-15(17)5/h12-19H,6-11H2,1-5H3. The second-order valence-electron chi connectivity index (χ2n) is 8.10. The van der Waals surface area contributed by atoms with Crippen LogP contribution in [0.1, 0.15) is 73.1 Å². The smallest absolute Gasteiger partial charge is 0.0103 e. The molecule has 0 spiro atoms. The molecular formula is C18H35N. The van der Waals surface area contributed by atoms with E-state index >= 15 is 0 Å². The third-order valence-corrected chi connectivity index (χ3v) is 5.88. The van der Waals surface area contributed by atoms with Gasteiger partial charge in [-0.05, 0) is 61.7 Å². The number of hydrogen-bond acceptors (Lipinski definition) is 1. The molecule has 1 N–H and O–H groups in total. The maximum absolute atomic E-state index is 4.09. The molecule has 0 bridgehead atoms. The molecule has 1 nitrogen and oxygen atoms in total. The summed E-state index contributed by atoms with van der Waals surface area (Å²) in [6, 6.07) is 1.57. The lowest BCUT2D eigenvalue weighted by atomic mass is 9.72. The van der Waals surface area contributed by atoms with Crippen LogP contribution in [0.4, 0.5) is 0 Å². The van der Waals surface area contributed by atoms with Crippen molar-refractivity contribution in [2.45, 2.75) is 85.2 Å². The maximum atomic E-state index is 4.09. The summed E-state index contributed by atoms with van der Waals surface area (Å²) in [4.78, 5) is 0. The fraction of sp³-hybridized carbons (Fsp3) is 1.00. The molecule has 0 heterocycles. The molecule has 1 heteroatoms. The van der Waals surface area contributed by atoms with Gasteiger partial charge in [0.1, 0.15) is 0 Å². The van der Waals surface area contributed by atoms with Crippen LogP contribution in [0.5, 0.6) is 0 Å². The van der Waals surface area contributed by atoms with Crippen molar-refractivity contribution in [3.8, 4) is 0 Å². The van der Waals surface area contributed by atoms with Crippen molar-refractivity contribution in [1.82, 2.24) is 5.32 Å². The third kappa shape index (κ3) is 3.97. The van der Waals surface area contributed by atoms with Gasteiger partial charge in [0.2, 0.25) is 0 Å². The van der Waals surface area contributed by atoms with Gasteiger partial charge in [-0.25, -0.2) is 0 Å². The highest BCUT2D eigenvalue weighted by atomic mass is 15.0. The summed E-state index contributed by atoms with van der Waals surface area (Å²) in [5.41, 5.74) is 0. The van der Waals surface area contributed by atoms with Crippen LogP contribution in [-0.4, -0.2) is 12.1 Å². The Labute approximate surface area is 120 Å². The van der Waals surface area contributed by atoms with Crippen LogP contribution >= 0.6 is 0 Å². The quantitative estimate of drug-likeness (QED) is 0.768. The first-order valence-electron chi connectivity index (χ1n) is 8.73. The Morgan fingerprint density at radius 1 is 0.789 bits per heavy atom. The zero-order valence-corrected chi connectivity index (χ0v) is 13.8. The van der Waals surface area contributed by atoms with Crippen molar-refractivity contribution in [3.05, 3.63) is 0 Å². The van der Waals surface area contributed by atoms with Gasteiger partial charge in [-0.1, -0.05) is 41.0 Å². The zero-order valence-electron chi connectivity index (χ0n) is 13.8. The fourth-order valence-electron chi connectivity index (χ4n) is 4.58. The normalized spacial score (nSPS) is 44.5. The van der Waals surface area contributed by atoms with Crippen LogP contribution < -0.4 is 5.32 Å². The highest BCUT2D eigenvalue weighted by Crippen LogP contribution is 2.36. The molecular weight excluding hydrogens is 230 g/mol. The predicted octanol–water partition coefficient (Wildman–Crippen LogP) is 4.86. The van der Waals surface area contributed by atoms with Crippen LogP contribution in [0.3, 0.4) is 0 Å². The van der Waals surface area contributed by atoms with Crippen molar-refractivity contribution in [2.75, 3.05) is 0 Å². The second kappa shape index (κ2) is 6.61. The molecule has 0 amide bonds. The van der Waals surface area contributed by atoms with Crippen LogP contribution in [0.25, 0.3) is 0 Å². The van der Waals surface area contributed by atoms with Gasteiger partial charge in [0.05, 0.1) is 0 Å². The molecule has 0 saturated heterocycles. The highest BCUT2D eigenvalue weighted by Gasteiger charge is 2.34. The van der Waals surface area contributed by atoms with E-state index in [-0.39, 0.29) is 0 Å². The average Bonchev–Trinajstić information content (AvgIpc) is 2.32. The molecule has 0 aromatic carbocycles. The van der Waals surface area contributed by atoms with Crippen molar-refractivity contribution < 1.29 is 0 Å². The third-order valence-electron chi connectivity index (χ3n) is 5.88. The Hall–Kier alpha value is -0.0400. The molecule has 6 unspecified atom stereocenters. The minimum absolute atomic E-state index is 0.782. The summed E-state index contributed by atoms with van der Waals surface area (Å²) >= 11 is 0. The van der Waals surface area contributed by atoms with Gasteiger partial charge >= 0.3 is 0 Å². The first-order chi connectivity index (χ1) is 8.97. The molecule has 0 aromatic heterocycles. The zero-order chi connectivity index (χ0) is 14.0. The molecule has 19 heavy (non-hydrogen) atoms. The molecule has 6 atom stereocenters. The van der Waals surface area contributed by atoms with Gasteiger partial charge in [-0.3, -0.25) is 0 Å². The molecule has 2 rings (SSSR count). The van der Waals surface area contributed by atoms with Crippen molar-refractivity contribution in [1.29, 1.82) is 0 Å². The van der Waals surface area contributed by atoms with Gasteiger partial charge in [0, 0.05) is 12.1 Å². The van der Waals surface area contributed by atoms with E-state index in [0.29, 0.717) is 0 Å². The molecule has 2 fully saturated rings. The average molecular weight is 265 g/mol. The first kappa shape index (κ1) is 15.4. The van der Waals surface area contributed by atoms with E-state index in [0.717, 1.165) is 41.7 Å². The van der Waals surface area contributed by atoms with Gasteiger partial charge in [-0.15, -0.1) is 0 Å². The van der Waals surface area contributed by atoms with E-state index in [9.17, 15) is 0 Å². The molecule has 2 aliphatic rings. The van der Waals surface area contributed by atoms with Gasteiger partial charge in [0.15, 0.2) is 0 Å². The van der Waals surface area contributed by atoms with E-state index < -0.39 is 0 Å². The predicted molar refractivity (Wildman–Crippen MR) is 84.2 cm³/mol. The number of nitrogens with one attached hydrogen (secondary N) is 1. The Morgan fingerprint density at radius 3 is 2.05 bits per heavy atom. The van der Waals surface area contributed by atoms with E-state index in [2.05, 4.69) is 39.9 Å². The van der Waals surface area contributed by atoms with Crippen LogP contribution in [0.2, 0.25) is 0 Å². The SMILES string of the molecule is CC1CCC(NC2CC(C)CCC2C(C)C)C(C)C1. The molecule has 2 saturated carbocycles. The number of hydrogen-bond donors (Lipinski definition) is 1. The lowest BCUT2D eigenvalue weighted by molar-refractivity contribution is 0.127. The summed E-state index contributed by atoms with van der Waals surface area (Å²) < 4.78 is 0. The molecule has 2 aliphatic carbocycles. The van der Waals surface area contributed by atoms with Crippen molar-refractivity contribution in [3.63, 3.8) is 0 Å². The van der Waals surface area contributed by atoms with E-state index in [1.54, 1.807) is 0 Å². The second-order valence-corrected chi connectivity index (χ2v) is 8.10. The summed E-state index contributed by atoms with van der Waals surface area (Å²) in [6.45, 7) is 12.2. The number of rotatable bonds is 3. The summed E-state index contributed by atoms with van der Waals surface area (Å²) in [5.74, 6) is 4.48. The largest absolute Gasteiger partial charge is 0.311 e. The topological polar surface area (TPSA) is 12.0 Å². The fourth-order valence-corrected chi connectivity index (χ4v) is 4.58.